The molecule has 0 atom stereocenters. The van der Waals surface area contributed by atoms with Gasteiger partial charge >= 0.3 is 0 Å². The van der Waals surface area contributed by atoms with E-state index in [0.29, 0.717) is 0 Å². The van der Waals surface area contributed by atoms with Crippen LogP contribution in [0.3, 0.4) is 0 Å². The number of para-hydroxylation sites is 2. The molecule has 25 heavy (non-hydrogen) atoms. The van der Waals surface area contributed by atoms with Crippen LogP contribution in [0.5, 0.6) is 0 Å². The summed E-state index contributed by atoms with van der Waals surface area (Å²) in [5.74, 6) is 0. The minimum Gasteiger partial charge on any atom is -0.293 e. The fourth-order valence-corrected chi connectivity index (χ4v) is 4.19. The van der Waals surface area contributed by atoms with Gasteiger partial charge in [-0.2, -0.15) is 0 Å². The third kappa shape index (κ3) is 1.56. The van der Waals surface area contributed by atoms with E-state index >= 15 is 0 Å². The summed E-state index contributed by atoms with van der Waals surface area (Å²) in [6, 6.07) is 28.1. The van der Waals surface area contributed by atoms with Gasteiger partial charge in [-0.1, -0.05) is 60.7 Å². The van der Waals surface area contributed by atoms with Crippen molar-refractivity contribution in [1.29, 1.82) is 0 Å². The number of hydrogen-bond donors (Lipinski definition) is 0. The Bertz CT molecular complexity index is 1290. The molecule has 0 aliphatic carbocycles. The molecule has 0 fully saturated rings. The Kier molecular flexibility index (Phi) is 2.37. The summed E-state index contributed by atoms with van der Waals surface area (Å²) in [6.45, 7) is 0. The number of pyridine rings is 1. The van der Waals surface area contributed by atoms with Crippen molar-refractivity contribution in [3.05, 3.63) is 85.1 Å². The first-order valence-electron chi connectivity index (χ1n) is 8.51. The van der Waals surface area contributed by atoms with Gasteiger partial charge in [0.05, 0.1) is 11.2 Å². The molecule has 5 aromatic rings. The van der Waals surface area contributed by atoms with E-state index in [1.807, 2.05) is 12.3 Å². The smallest absolute Gasteiger partial charge is 0.145 e. The minimum atomic E-state index is 1.02. The number of aromatic nitrogens is 2. The Balaban J connectivity index is 1.99. The normalized spacial score (nSPS) is 12.0. The third-order valence-electron chi connectivity index (χ3n) is 5.20. The standard InChI is InChI=1S/C23H14N2/c1-2-8-16-15(7-1)17-9-3-4-13-21(17)25-22-18(16)10-5-11-19(22)20-12-6-14-24-23(20)25/h1-14H. The molecule has 1 aliphatic rings. The van der Waals surface area contributed by atoms with E-state index in [1.54, 1.807) is 0 Å². The van der Waals surface area contributed by atoms with Crippen LogP contribution in [0, 0.1) is 0 Å². The van der Waals surface area contributed by atoms with Gasteiger partial charge in [0.25, 0.3) is 0 Å². The first kappa shape index (κ1) is 13.0. The highest BCUT2D eigenvalue weighted by molar-refractivity contribution is 6.15. The summed E-state index contributed by atoms with van der Waals surface area (Å²) in [4.78, 5) is 4.73. The molecule has 6 rings (SSSR count). The Morgan fingerprint density at radius 1 is 0.560 bits per heavy atom. The highest BCUT2D eigenvalue weighted by Gasteiger charge is 2.23. The summed E-state index contributed by atoms with van der Waals surface area (Å²) < 4.78 is 2.33. The van der Waals surface area contributed by atoms with Gasteiger partial charge in [-0.25, -0.2) is 4.98 Å². The molecule has 2 nitrogen and oxygen atoms in total. The monoisotopic (exact) mass is 318 g/mol. The Morgan fingerprint density at radius 3 is 2.12 bits per heavy atom. The zero-order chi connectivity index (χ0) is 16.4. The van der Waals surface area contributed by atoms with Crippen LogP contribution in [0.2, 0.25) is 0 Å². The lowest BCUT2D eigenvalue weighted by Crippen LogP contribution is -1.96. The van der Waals surface area contributed by atoms with E-state index in [9.17, 15) is 0 Å². The highest BCUT2D eigenvalue weighted by Crippen LogP contribution is 2.45. The molecule has 0 N–H and O–H groups in total. The number of hydrogen-bond acceptors (Lipinski definition) is 1. The first-order chi connectivity index (χ1) is 12.4. The van der Waals surface area contributed by atoms with Gasteiger partial charge in [0.2, 0.25) is 0 Å². The number of benzene rings is 3. The molecule has 0 radical (unpaired) electrons. The summed E-state index contributed by atoms with van der Waals surface area (Å²) >= 11 is 0. The minimum absolute atomic E-state index is 1.02. The van der Waals surface area contributed by atoms with Crippen molar-refractivity contribution in [2.75, 3.05) is 0 Å². The summed E-state index contributed by atoms with van der Waals surface area (Å²) in [6.07, 6.45) is 1.88. The van der Waals surface area contributed by atoms with E-state index in [0.717, 1.165) is 5.65 Å². The van der Waals surface area contributed by atoms with Crippen LogP contribution >= 0.6 is 0 Å². The molecule has 0 saturated carbocycles. The van der Waals surface area contributed by atoms with Gasteiger partial charge in [0, 0.05) is 28.1 Å². The lowest BCUT2D eigenvalue weighted by Gasteiger charge is -2.11. The van der Waals surface area contributed by atoms with Crippen LogP contribution < -0.4 is 0 Å². The van der Waals surface area contributed by atoms with Crippen LogP contribution in [0.15, 0.2) is 85.1 Å². The fourth-order valence-electron chi connectivity index (χ4n) is 4.19. The number of rotatable bonds is 0. The molecule has 0 spiro atoms. The molecule has 0 bridgehead atoms. The van der Waals surface area contributed by atoms with Crippen molar-refractivity contribution in [3.63, 3.8) is 0 Å². The quantitative estimate of drug-likeness (QED) is 0.345. The van der Waals surface area contributed by atoms with E-state index < -0.39 is 0 Å². The summed E-state index contributed by atoms with van der Waals surface area (Å²) in [5, 5.41) is 2.46. The zero-order valence-corrected chi connectivity index (χ0v) is 13.5. The maximum absolute atomic E-state index is 4.73. The van der Waals surface area contributed by atoms with Crippen LogP contribution in [0.25, 0.3) is 49.9 Å². The molecule has 0 saturated heterocycles. The second-order valence-electron chi connectivity index (χ2n) is 6.47. The van der Waals surface area contributed by atoms with Gasteiger partial charge in [0.1, 0.15) is 5.65 Å². The molecule has 0 unspecified atom stereocenters. The van der Waals surface area contributed by atoms with Gasteiger partial charge in [-0.3, -0.25) is 4.57 Å². The van der Waals surface area contributed by atoms with Gasteiger partial charge < -0.3 is 0 Å². The Morgan fingerprint density at radius 2 is 1.24 bits per heavy atom. The third-order valence-corrected chi connectivity index (χ3v) is 5.20. The molecular formula is C23H14N2. The Hall–Kier alpha value is -3.39. The van der Waals surface area contributed by atoms with Crippen molar-refractivity contribution >= 4 is 21.9 Å². The average Bonchev–Trinajstić information content (AvgIpc) is 2.96. The molecular weight excluding hydrogens is 304 g/mol. The largest absolute Gasteiger partial charge is 0.293 e. The second-order valence-corrected chi connectivity index (χ2v) is 6.47. The van der Waals surface area contributed by atoms with Crippen molar-refractivity contribution in [3.8, 4) is 27.9 Å². The van der Waals surface area contributed by atoms with Crippen molar-refractivity contribution in [2.45, 2.75) is 0 Å². The molecule has 2 aromatic heterocycles. The summed E-state index contributed by atoms with van der Waals surface area (Å²) in [7, 11) is 0. The number of nitrogens with zero attached hydrogens (tertiary/aromatic N) is 2. The van der Waals surface area contributed by atoms with Crippen LogP contribution in [-0.4, -0.2) is 9.55 Å². The molecule has 1 aliphatic heterocycles. The maximum Gasteiger partial charge on any atom is 0.145 e. The van der Waals surface area contributed by atoms with Gasteiger partial charge in [0.15, 0.2) is 0 Å². The summed E-state index contributed by atoms with van der Waals surface area (Å²) in [5.41, 5.74) is 8.53. The second kappa shape index (κ2) is 4.58. The van der Waals surface area contributed by atoms with E-state index in [2.05, 4.69) is 77.4 Å². The van der Waals surface area contributed by atoms with E-state index in [1.165, 1.54) is 44.2 Å². The molecule has 116 valence electrons. The van der Waals surface area contributed by atoms with Gasteiger partial charge in [-0.05, 0) is 29.3 Å². The van der Waals surface area contributed by atoms with Crippen LogP contribution in [-0.2, 0) is 0 Å². The predicted octanol–water partition coefficient (Wildman–Crippen LogP) is 5.83. The molecule has 2 heteroatoms. The molecule has 3 heterocycles. The van der Waals surface area contributed by atoms with E-state index in [4.69, 9.17) is 4.98 Å². The lowest BCUT2D eigenvalue weighted by molar-refractivity contribution is 1.14. The molecule has 3 aromatic carbocycles. The number of fused-ring (bicyclic) bond motifs is 8. The Labute approximate surface area is 145 Å². The van der Waals surface area contributed by atoms with Crippen molar-refractivity contribution in [2.24, 2.45) is 0 Å². The predicted molar refractivity (Wildman–Crippen MR) is 103 cm³/mol. The average molecular weight is 318 g/mol. The lowest BCUT2D eigenvalue weighted by atomic mass is 9.94. The highest BCUT2D eigenvalue weighted by atomic mass is 15.1. The topological polar surface area (TPSA) is 17.8 Å². The van der Waals surface area contributed by atoms with Crippen molar-refractivity contribution in [1.82, 2.24) is 9.55 Å². The first-order valence-corrected chi connectivity index (χ1v) is 8.51. The fraction of sp³-hybridized carbons (Fsp3) is 0. The van der Waals surface area contributed by atoms with Crippen molar-refractivity contribution < 1.29 is 0 Å². The van der Waals surface area contributed by atoms with Crippen LogP contribution in [0.4, 0.5) is 0 Å². The van der Waals surface area contributed by atoms with E-state index in [-0.39, 0.29) is 0 Å². The van der Waals surface area contributed by atoms with Crippen LogP contribution in [0.1, 0.15) is 0 Å². The molecule has 0 amide bonds. The zero-order valence-electron chi connectivity index (χ0n) is 13.5. The SMILES string of the molecule is c1ccc2c(c1)-c1ccccc1-n1c3ncccc3c3cccc-2c31. The van der Waals surface area contributed by atoms with Gasteiger partial charge in [-0.15, -0.1) is 0 Å². The maximum atomic E-state index is 4.73.